The van der Waals surface area contributed by atoms with Crippen LogP contribution in [-0.2, 0) is 4.79 Å². The molecule has 0 atom stereocenters. The number of amides is 1. The van der Waals surface area contributed by atoms with Crippen LogP contribution in [0, 0.1) is 5.92 Å². The van der Waals surface area contributed by atoms with E-state index in [-0.39, 0.29) is 11.8 Å². The van der Waals surface area contributed by atoms with Gasteiger partial charge in [-0.2, -0.15) is 0 Å². The molecule has 7 nitrogen and oxygen atoms in total. The lowest BCUT2D eigenvalue weighted by Crippen LogP contribution is -2.38. The Balaban J connectivity index is 1.38. The van der Waals surface area contributed by atoms with Gasteiger partial charge in [0.2, 0.25) is 5.91 Å². The molecule has 1 saturated heterocycles. The van der Waals surface area contributed by atoms with Gasteiger partial charge in [-0.05, 0) is 31.0 Å². The third-order valence-electron chi connectivity index (χ3n) is 4.79. The summed E-state index contributed by atoms with van der Waals surface area (Å²) in [6.07, 6.45) is 8.27. The van der Waals surface area contributed by atoms with Crippen molar-refractivity contribution in [3.05, 3.63) is 59.4 Å². The van der Waals surface area contributed by atoms with Crippen LogP contribution in [0.5, 0.6) is 0 Å². The highest BCUT2D eigenvalue weighted by Crippen LogP contribution is 2.28. The van der Waals surface area contributed by atoms with Crippen molar-refractivity contribution in [3.8, 4) is 5.82 Å². The van der Waals surface area contributed by atoms with Gasteiger partial charge in [0.25, 0.3) is 0 Å². The van der Waals surface area contributed by atoms with Crippen LogP contribution in [0.4, 0.5) is 11.5 Å². The fourth-order valence-corrected chi connectivity index (χ4v) is 3.70. The minimum Gasteiger partial charge on any atom is -0.356 e. The first kappa shape index (κ1) is 18.7. The van der Waals surface area contributed by atoms with Crippen LogP contribution in [-0.4, -0.2) is 38.5 Å². The molecular formula is C19H18Cl2N6O. The third kappa shape index (κ3) is 4.10. The summed E-state index contributed by atoms with van der Waals surface area (Å²) in [6.45, 7) is 1.49. The van der Waals surface area contributed by atoms with Gasteiger partial charge < -0.3 is 10.2 Å². The number of hydrogen-bond donors (Lipinski definition) is 1. The smallest absolute Gasteiger partial charge is 0.227 e. The van der Waals surface area contributed by atoms with Gasteiger partial charge in [-0.25, -0.2) is 15.0 Å². The van der Waals surface area contributed by atoms with Crippen LogP contribution in [0.25, 0.3) is 5.82 Å². The van der Waals surface area contributed by atoms with E-state index in [4.69, 9.17) is 23.2 Å². The lowest BCUT2D eigenvalue weighted by atomic mass is 9.96. The van der Waals surface area contributed by atoms with Crippen molar-refractivity contribution in [1.82, 2.24) is 19.5 Å². The quantitative estimate of drug-likeness (QED) is 0.699. The summed E-state index contributed by atoms with van der Waals surface area (Å²) >= 11 is 12.0. The van der Waals surface area contributed by atoms with Gasteiger partial charge in [-0.1, -0.05) is 23.2 Å². The summed E-state index contributed by atoms with van der Waals surface area (Å²) in [4.78, 5) is 27.5. The molecule has 3 aromatic rings. The van der Waals surface area contributed by atoms with Crippen molar-refractivity contribution in [1.29, 1.82) is 0 Å². The molecule has 0 radical (unpaired) electrons. The lowest BCUT2D eigenvalue weighted by molar-refractivity contribution is -0.120. The molecule has 1 amide bonds. The van der Waals surface area contributed by atoms with Gasteiger partial charge in [0.1, 0.15) is 24.3 Å². The predicted octanol–water partition coefficient (Wildman–Crippen LogP) is 3.82. The largest absolute Gasteiger partial charge is 0.356 e. The molecule has 1 fully saturated rings. The van der Waals surface area contributed by atoms with Crippen LogP contribution in [0.1, 0.15) is 12.8 Å². The Morgan fingerprint density at radius 3 is 2.61 bits per heavy atom. The number of rotatable bonds is 4. The Morgan fingerprint density at radius 1 is 1.11 bits per heavy atom. The van der Waals surface area contributed by atoms with Gasteiger partial charge >= 0.3 is 0 Å². The average Bonchev–Trinajstić information content (AvgIpc) is 3.25. The Hall–Kier alpha value is -2.64. The molecule has 1 aliphatic heterocycles. The van der Waals surface area contributed by atoms with Gasteiger partial charge in [-0.3, -0.25) is 9.36 Å². The fraction of sp³-hybridized carbons (Fsp3) is 0.263. The summed E-state index contributed by atoms with van der Waals surface area (Å²) in [5.41, 5.74) is 0.583. The summed E-state index contributed by atoms with van der Waals surface area (Å²) in [5.74, 6) is 1.52. The molecule has 0 spiro atoms. The van der Waals surface area contributed by atoms with E-state index in [2.05, 4.69) is 25.2 Å². The molecule has 144 valence electrons. The Kier molecular flexibility index (Phi) is 5.45. The molecule has 3 heterocycles. The van der Waals surface area contributed by atoms with Crippen molar-refractivity contribution in [3.63, 3.8) is 0 Å². The monoisotopic (exact) mass is 416 g/mol. The van der Waals surface area contributed by atoms with Crippen LogP contribution < -0.4 is 10.2 Å². The SMILES string of the molecule is O=C(Nc1ccc(Cl)cc1Cl)C1CCN(c2cc(-n3ccnc3)ncn2)CC1. The fourth-order valence-electron chi connectivity index (χ4n) is 3.24. The summed E-state index contributed by atoms with van der Waals surface area (Å²) in [7, 11) is 0. The van der Waals surface area contributed by atoms with Crippen molar-refractivity contribution < 1.29 is 4.79 Å². The van der Waals surface area contributed by atoms with Crippen molar-refractivity contribution in [2.45, 2.75) is 12.8 Å². The third-order valence-corrected chi connectivity index (χ3v) is 5.33. The maximum atomic E-state index is 12.6. The molecule has 28 heavy (non-hydrogen) atoms. The Bertz CT molecular complexity index is 970. The van der Waals surface area contributed by atoms with E-state index in [0.717, 1.165) is 37.6 Å². The molecule has 0 bridgehead atoms. The molecule has 0 aliphatic carbocycles. The summed E-state index contributed by atoms with van der Waals surface area (Å²) in [6, 6.07) is 6.97. The Morgan fingerprint density at radius 2 is 1.89 bits per heavy atom. The van der Waals surface area contributed by atoms with Crippen molar-refractivity contribution >= 4 is 40.6 Å². The maximum absolute atomic E-state index is 12.6. The number of hydrogen-bond acceptors (Lipinski definition) is 5. The van der Waals surface area contributed by atoms with E-state index in [1.54, 1.807) is 37.1 Å². The van der Waals surface area contributed by atoms with Gasteiger partial charge in [0, 0.05) is 42.5 Å². The Labute approximate surface area is 172 Å². The second-order valence-corrected chi connectivity index (χ2v) is 7.42. The number of nitrogens with zero attached hydrogens (tertiary/aromatic N) is 5. The average molecular weight is 417 g/mol. The van der Waals surface area contributed by atoms with Crippen LogP contribution in [0.2, 0.25) is 10.0 Å². The molecule has 0 unspecified atom stereocenters. The summed E-state index contributed by atoms with van der Waals surface area (Å²) in [5, 5.41) is 3.88. The highest BCUT2D eigenvalue weighted by atomic mass is 35.5. The zero-order chi connectivity index (χ0) is 19.5. The highest BCUT2D eigenvalue weighted by molar-refractivity contribution is 6.36. The maximum Gasteiger partial charge on any atom is 0.227 e. The van der Waals surface area contributed by atoms with Gasteiger partial charge in [0.05, 0.1) is 10.7 Å². The minimum atomic E-state index is -0.0713. The lowest BCUT2D eigenvalue weighted by Gasteiger charge is -2.32. The van der Waals surface area contributed by atoms with Crippen LogP contribution >= 0.6 is 23.2 Å². The second kappa shape index (κ2) is 8.16. The minimum absolute atomic E-state index is 0.0225. The predicted molar refractivity (Wildman–Crippen MR) is 109 cm³/mol. The molecule has 0 saturated carbocycles. The standard InChI is InChI=1S/C19H18Cl2N6O/c20-14-1-2-16(15(21)9-14)25-19(28)13-3-6-26(7-4-13)17-10-18(24-11-23-17)27-8-5-22-12-27/h1-2,5,8-13H,3-4,6-7H2,(H,25,28). The molecule has 4 rings (SSSR count). The highest BCUT2D eigenvalue weighted by Gasteiger charge is 2.26. The molecule has 1 N–H and O–H groups in total. The number of imidazole rings is 1. The van der Waals surface area contributed by atoms with E-state index in [1.165, 1.54) is 0 Å². The number of carbonyl (C=O) groups excluding carboxylic acids is 1. The molecule has 9 heteroatoms. The molecule has 1 aromatic carbocycles. The molecule has 2 aromatic heterocycles. The second-order valence-electron chi connectivity index (χ2n) is 6.58. The van der Waals surface area contributed by atoms with E-state index in [0.29, 0.717) is 15.7 Å². The van der Waals surface area contributed by atoms with Crippen molar-refractivity contribution in [2.75, 3.05) is 23.3 Å². The topological polar surface area (TPSA) is 75.9 Å². The first-order valence-corrected chi connectivity index (χ1v) is 9.67. The van der Waals surface area contributed by atoms with E-state index in [9.17, 15) is 4.79 Å². The number of halogens is 2. The zero-order valence-electron chi connectivity index (χ0n) is 14.9. The first-order chi connectivity index (χ1) is 13.6. The van der Waals surface area contributed by atoms with Crippen LogP contribution in [0.3, 0.4) is 0 Å². The van der Waals surface area contributed by atoms with Gasteiger partial charge in [-0.15, -0.1) is 0 Å². The number of piperidine rings is 1. The zero-order valence-corrected chi connectivity index (χ0v) is 16.4. The number of benzene rings is 1. The van der Waals surface area contributed by atoms with E-state index >= 15 is 0 Å². The van der Waals surface area contributed by atoms with Crippen molar-refractivity contribution in [2.24, 2.45) is 5.92 Å². The normalized spacial score (nSPS) is 14.9. The summed E-state index contributed by atoms with van der Waals surface area (Å²) < 4.78 is 1.83. The van der Waals surface area contributed by atoms with Gasteiger partial charge in [0.15, 0.2) is 0 Å². The number of carbonyl (C=O) groups is 1. The molecular weight excluding hydrogens is 399 g/mol. The van der Waals surface area contributed by atoms with Crippen LogP contribution in [0.15, 0.2) is 49.3 Å². The number of nitrogens with one attached hydrogen (secondary N) is 1. The van der Waals surface area contributed by atoms with E-state index < -0.39 is 0 Å². The number of aromatic nitrogens is 4. The first-order valence-electron chi connectivity index (χ1n) is 8.91. The van der Waals surface area contributed by atoms with E-state index in [1.807, 2.05) is 16.8 Å². The number of anilines is 2. The molecule has 1 aliphatic rings.